The van der Waals surface area contributed by atoms with Crippen molar-refractivity contribution in [3.63, 3.8) is 0 Å². The van der Waals surface area contributed by atoms with Crippen LogP contribution in [0.4, 0.5) is 4.39 Å². The molecule has 0 bridgehead atoms. The number of aryl methyl sites for hydroxylation is 1. The summed E-state index contributed by atoms with van der Waals surface area (Å²) < 4.78 is 14.3. The molecule has 0 unspecified atom stereocenters. The van der Waals surface area contributed by atoms with Crippen molar-refractivity contribution < 1.29 is 9.18 Å². The Balaban J connectivity index is 1.85. The molecule has 0 aromatic heterocycles. The van der Waals surface area contributed by atoms with Crippen LogP contribution in [0, 0.1) is 12.7 Å². The molecule has 0 aliphatic carbocycles. The van der Waals surface area contributed by atoms with Crippen LogP contribution in [0.15, 0.2) is 12.1 Å². The Morgan fingerprint density at radius 3 is 2.95 bits per heavy atom. The first-order valence-corrected chi connectivity index (χ1v) is 7.85. The molecule has 0 radical (unpaired) electrons. The molecule has 2 saturated heterocycles. The number of rotatable bonds is 2. The second kappa shape index (κ2) is 5.58. The summed E-state index contributed by atoms with van der Waals surface area (Å²) in [4.78, 5) is 16.4. The van der Waals surface area contributed by atoms with E-state index in [4.69, 9.17) is 11.6 Å². The number of carbonyl (C=O) groups is 1. The van der Waals surface area contributed by atoms with Gasteiger partial charge >= 0.3 is 0 Å². The van der Waals surface area contributed by atoms with Gasteiger partial charge in [0.25, 0.3) is 0 Å². The van der Waals surface area contributed by atoms with Crippen LogP contribution in [0.3, 0.4) is 0 Å². The van der Waals surface area contributed by atoms with E-state index in [1.165, 1.54) is 0 Å². The highest BCUT2D eigenvalue weighted by atomic mass is 35.5. The first kappa shape index (κ1) is 14.8. The van der Waals surface area contributed by atoms with Gasteiger partial charge in [-0.15, -0.1) is 0 Å². The lowest BCUT2D eigenvalue weighted by molar-refractivity contribution is -0.143. The number of amides is 1. The minimum Gasteiger partial charge on any atom is -0.337 e. The first-order valence-electron chi connectivity index (χ1n) is 7.47. The molecule has 2 aliphatic rings. The van der Waals surface area contributed by atoms with Gasteiger partial charge in [-0.05, 0) is 38.3 Å². The quantitative estimate of drug-likeness (QED) is 0.838. The molecule has 0 N–H and O–H groups in total. The van der Waals surface area contributed by atoms with E-state index in [1.807, 2.05) is 11.8 Å². The summed E-state index contributed by atoms with van der Waals surface area (Å²) in [5.74, 6) is -0.0936. The van der Waals surface area contributed by atoms with E-state index in [9.17, 15) is 9.18 Å². The maximum Gasteiger partial charge on any atom is 0.239 e. The van der Waals surface area contributed by atoms with Crippen molar-refractivity contribution in [2.45, 2.75) is 45.3 Å². The highest BCUT2D eigenvalue weighted by Gasteiger charge is 2.40. The minimum atomic E-state index is -0.254. The second-order valence-electron chi connectivity index (χ2n) is 6.09. The van der Waals surface area contributed by atoms with Crippen molar-refractivity contribution in [2.75, 3.05) is 13.1 Å². The molecule has 21 heavy (non-hydrogen) atoms. The Morgan fingerprint density at radius 2 is 2.19 bits per heavy atom. The molecule has 2 fully saturated rings. The van der Waals surface area contributed by atoms with Crippen LogP contribution in [0.5, 0.6) is 0 Å². The SMILES string of the molecule is Cc1ccc(Cl)c(CN2C[C@@H]3CCCN3C(=O)[C@H]2C)c1F. The standard InChI is InChI=1S/C16H20ClFN2O/c1-10-5-6-14(17)13(15(10)18)9-19-8-12-4-3-7-20(12)16(21)11(19)2/h5-6,11-12H,3-4,7-9H2,1-2H3/t11-,12+/m1/s1. The molecule has 1 amide bonds. The fraction of sp³-hybridized carbons (Fsp3) is 0.562. The average molecular weight is 311 g/mol. The summed E-state index contributed by atoms with van der Waals surface area (Å²) in [6.07, 6.45) is 2.11. The van der Waals surface area contributed by atoms with E-state index in [-0.39, 0.29) is 23.8 Å². The number of piperazine rings is 1. The van der Waals surface area contributed by atoms with Gasteiger partial charge in [0, 0.05) is 36.3 Å². The smallest absolute Gasteiger partial charge is 0.239 e. The Kier molecular flexibility index (Phi) is 3.93. The van der Waals surface area contributed by atoms with E-state index in [1.54, 1.807) is 19.1 Å². The van der Waals surface area contributed by atoms with Gasteiger partial charge in [-0.25, -0.2) is 4.39 Å². The molecule has 3 nitrogen and oxygen atoms in total. The lowest BCUT2D eigenvalue weighted by atomic mass is 10.0. The predicted molar refractivity (Wildman–Crippen MR) is 80.8 cm³/mol. The van der Waals surface area contributed by atoms with Crippen molar-refractivity contribution in [3.05, 3.63) is 34.1 Å². The molecule has 2 aliphatic heterocycles. The molecule has 0 saturated carbocycles. The molecule has 2 heterocycles. The predicted octanol–water partition coefficient (Wildman–Crippen LogP) is 2.98. The zero-order chi connectivity index (χ0) is 15.1. The van der Waals surface area contributed by atoms with E-state index < -0.39 is 0 Å². The van der Waals surface area contributed by atoms with E-state index in [2.05, 4.69) is 4.90 Å². The monoisotopic (exact) mass is 310 g/mol. The molecule has 3 rings (SSSR count). The zero-order valence-corrected chi connectivity index (χ0v) is 13.2. The highest BCUT2D eigenvalue weighted by Crippen LogP contribution is 2.29. The maximum atomic E-state index is 14.3. The number of carbonyl (C=O) groups excluding carboxylic acids is 1. The van der Waals surface area contributed by atoms with Gasteiger partial charge in [0.15, 0.2) is 0 Å². The van der Waals surface area contributed by atoms with Crippen molar-refractivity contribution in [1.82, 2.24) is 9.80 Å². The van der Waals surface area contributed by atoms with Crippen LogP contribution in [0.25, 0.3) is 0 Å². The Labute approximate surface area is 129 Å². The van der Waals surface area contributed by atoms with E-state index >= 15 is 0 Å². The van der Waals surface area contributed by atoms with Crippen LogP contribution < -0.4 is 0 Å². The van der Waals surface area contributed by atoms with Gasteiger partial charge in [0.05, 0.1) is 6.04 Å². The van der Waals surface area contributed by atoms with Crippen molar-refractivity contribution in [3.8, 4) is 0 Å². The van der Waals surface area contributed by atoms with Crippen molar-refractivity contribution in [1.29, 1.82) is 0 Å². The molecule has 1 aromatic carbocycles. The van der Waals surface area contributed by atoms with Crippen molar-refractivity contribution >= 4 is 17.5 Å². The van der Waals surface area contributed by atoms with E-state index in [0.29, 0.717) is 22.7 Å². The molecule has 2 atom stereocenters. The fourth-order valence-electron chi connectivity index (χ4n) is 3.40. The number of hydrogen-bond acceptors (Lipinski definition) is 2. The third-order valence-electron chi connectivity index (χ3n) is 4.75. The van der Waals surface area contributed by atoms with Gasteiger partial charge in [-0.3, -0.25) is 9.69 Å². The summed E-state index contributed by atoms with van der Waals surface area (Å²) in [6, 6.07) is 3.48. The van der Waals surface area contributed by atoms with Gasteiger partial charge in [-0.2, -0.15) is 0 Å². The second-order valence-corrected chi connectivity index (χ2v) is 6.50. The summed E-state index contributed by atoms with van der Waals surface area (Å²) in [5.41, 5.74) is 1.09. The molecule has 114 valence electrons. The number of benzene rings is 1. The zero-order valence-electron chi connectivity index (χ0n) is 12.4. The normalized spacial score (nSPS) is 26.3. The van der Waals surface area contributed by atoms with E-state index in [0.717, 1.165) is 25.9 Å². The van der Waals surface area contributed by atoms with Crippen LogP contribution in [0.2, 0.25) is 5.02 Å². The number of hydrogen-bond donors (Lipinski definition) is 0. The molecule has 1 aromatic rings. The Morgan fingerprint density at radius 1 is 1.43 bits per heavy atom. The number of halogens is 2. The van der Waals surface area contributed by atoms with Crippen molar-refractivity contribution in [2.24, 2.45) is 0 Å². The number of nitrogens with zero attached hydrogens (tertiary/aromatic N) is 2. The summed E-state index contributed by atoms with van der Waals surface area (Å²) in [7, 11) is 0. The van der Waals surface area contributed by atoms with Crippen LogP contribution >= 0.6 is 11.6 Å². The largest absolute Gasteiger partial charge is 0.337 e. The third-order valence-corrected chi connectivity index (χ3v) is 5.11. The maximum absolute atomic E-state index is 14.3. The summed E-state index contributed by atoms with van der Waals surface area (Å²) in [6.45, 7) is 5.69. The number of fused-ring (bicyclic) bond motifs is 1. The lowest BCUT2D eigenvalue weighted by Crippen LogP contribution is -2.58. The van der Waals surface area contributed by atoms with Gasteiger partial charge in [0.1, 0.15) is 5.82 Å². The topological polar surface area (TPSA) is 23.6 Å². The average Bonchev–Trinajstić information content (AvgIpc) is 2.93. The van der Waals surface area contributed by atoms with Crippen LogP contribution in [-0.2, 0) is 11.3 Å². The molecular formula is C16H20ClFN2O. The van der Waals surface area contributed by atoms with Gasteiger partial charge < -0.3 is 4.90 Å². The third kappa shape index (κ3) is 2.55. The Bertz CT molecular complexity index is 578. The highest BCUT2D eigenvalue weighted by molar-refractivity contribution is 6.31. The Hall–Kier alpha value is -1.13. The minimum absolute atomic E-state index is 0.160. The molecular weight excluding hydrogens is 291 g/mol. The van der Waals surface area contributed by atoms with Crippen LogP contribution in [0.1, 0.15) is 30.9 Å². The first-order chi connectivity index (χ1) is 9.99. The summed E-state index contributed by atoms with van der Waals surface area (Å²) in [5, 5.41) is 0.437. The summed E-state index contributed by atoms with van der Waals surface area (Å²) >= 11 is 6.15. The molecule has 0 spiro atoms. The lowest BCUT2D eigenvalue weighted by Gasteiger charge is -2.41. The fourth-order valence-corrected chi connectivity index (χ4v) is 3.61. The van der Waals surface area contributed by atoms with Gasteiger partial charge in [0.2, 0.25) is 5.91 Å². The van der Waals surface area contributed by atoms with Crippen LogP contribution in [-0.4, -0.2) is 40.9 Å². The van der Waals surface area contributed by atoms with Gasteiger partial charge in [-0.1, -0.05) is 17.7 Å². The molecule has 5 heteroatoms.